The van der Waals surface area contributed by atoms with Gasteiger partial charge in [-0.2, -0.15) is 0 Å². The molecule has 2 rings (SSSR count). The second-order valence-corrected chi connectivity index (χ2v) is 4.95. The van der Waals surface area contributed by atoms with Crippen LogP contribution in [0, 0.1) is 0 Å². The smallest absolute Gasteiger partial charge is 0.239 e. The second kappa shape index (κ2) is 9.57. The van der Waals surface area contributed by atoms with Gasteiger partial charge >= 0.3 is 0 Å². The number of nitrogens with one attached hydrogen (secondary N) is 2. The molecule has 0 aromatic heterocycles. The maximum atomic E-state index is 12.0. The summed E-state index contributed by atoms with van der Waals surface area (Å²) in [7, 11) is 3.08. The summed E-state index contributed by atoms with van der Waals surface area (Å²) in [6.45, 7) is 1.67. The fourth-order valence-electron chi connectivity index (χ4n) is 2.26. The minimum Gasteiger partial charge on any atom is -0.497 e. The minimum absolute atomic E-state index is 0. The number of hydrogen-bond acceptors (Lipinski definition) is 6. The molecule has 3 N–H and O–H groups in total. The summed E-state index contributed by atoms with van der Waals surface area (Å²) in [6, 6.07) is 4.78. The van der Waals surface area contributed by atoms with Gasteiger partial charge in [0.2, 0.25) is 5.91 Å². The minimum atomic E-state index is -0.890. The van der Waals surface area contributed by atoms with Crippen molar-refractivity contribution in [2.24, 2.45) is 0 Å². The van der Waals surface area contributed by atoms with Gasteiger partial charge in [-0.1, -0.05) is 0 Å². The number of methoxy groups -OCH3 is 2. The SMILES string of the molecule is COc1ccc(OC)c(C(O)CNC(=O)C2COCCN2)c1.Cl. The second-order valence-electron chi connectivity index (χ2n) is 4.95. The van der Waals surface area contributed by atoms with E-state index in [-0.39, 0.29) is 30.9 Å². The van der Waals surface area contributed by atoms with Crippen molar-refractivity contribution in [3.63, 3.8) is 0 Å². The van der Waals surface area contributed by atoms with Crippen molar-refractivity contribution in [2.75, 3.05) is 40.5 Å². The Morgan fingerprint density at radius 2 is 2.26 bits per heavy atom. The van der Waals surface area contributed by atoms with Gasteiger partial charge in [0.15, 0.2) is 0 Å². The first-order chi connectivity index (χ1) is 10.7. The van der Waals surface area contributed by atoms with Crippen LogP contribution >= 0.6 is 12.4 Å². The van der Waals surface area contributed by atoms with Gasteiger partial charge in [0.25, 0.3) is 0 Å². The lowest BCUT2D eigenvalue weighted by molar-refractivity contribution is -0.126. The molecule has 1 aromatic carbocycles. The summed E-state index contributed by atoms with van der Waals surface area (Å²) < 4.78 is 15.6. The molecule has 1 aliphatic rings. The van der Waals surface area contributed by atoms with E-state index >= 15 is 0 Å². The number of carbonyl (C=O) groups is 1. The van der Waals surface area contributed by atoms with E-state index in [1.807, 2.05) is 0 Å². The summed E-state index contributed by atoms with van der Waals surface area (Å²) in [5.74, 6) is 0.964. The normalized spacial score (nSPS) is 18.5. The molecule has 1 fully saturated rings. The Morgan fingerprint density at radius 1 is 1.48 bits per heavy atom. The van der Waals surface area contributed by atoms with Crippen LogP contribution < -0.4 is 20.1 Å². The molecule has 8 heteroatoms. The van der Waals surface area contributed by atoms with Gasteiger partial charge in [0, 0.05) is 18.7 Å². The number of morpholine rings is 1. The van der Waals surface area contributed by atoms with Crippen molar-refractivity contribution < 1.29 is 24.1 Å². The molecule has 130 valence electrons. The Labute approximate surface area is 141 Å². The molecular weight excluding hydrogens is 324 g/mol. The van der Waals surface area contributed by atoms with E-state index in [1.165, 1.54) is 7.11 Å². The van der Waals surface area contributed by atoms with E-state index < -0.39 is 6.10 Å². The topological polar surface area (TPSA) is 89.0 Å². The van der Waals surface area contributed by atoms with Gasteiger partial charge in [-0.3, -0.25) is 4.79 Å². The zero-order valence-electron chi connectivity index (χ0n) is 13.2. The largest absolute Gasteiger partial charge is 0.497 e. The van der Waals surface area contributed by atoms with Crippen molar-refractivity contribution >= 4 is 18.3 Å². The Hall–Kier alpha value is -1.54. The lowest BCUT2D eigenvalue weighted by Crippen LogP contribution is -2.51. The van der Waals surface area contributed by atoms with Crippen LogP contribution in [0.15, 0.2) is 18.2 Å². The van der Waals surface area contributed by atoms with Crippen molar-refractivity contribution in [3.8, 4) is 11.5 Å². The van der Waals surface area contributed by atoms with Gasteiger partial charge in [-0.15, -0.1) is 12.4 Å². The Bertz CT molecular complexity index is 509. The van der Waals surface area contributed by atoms with Crippen LogP contribution in [-0.2, 0) is 9.53 Å². The third-order valence-corrected chi connectivity index (χ3v) is 3.50. The number of carbonyl (C=O) groups excluding carboxylic acids is 1. The highest BCUT2D eigenvalue weighted by Crippen LogP contribution is 2.29. The van der Waals surface area contributed by atoms with Gasteiger partial charge in [0.05, 0.1) is 33.5 Å². The third kappa shape index (κ3) is 5.24. The van der Waals surface area contributed by atoms with Crippen molar-refractivity contribution in [3.05, 3.63) is 23.8 Å². The molecule has 1 aromatic rings. The quantitative estimate of drug-likeness (QED) is 0.685. The first-order valence-electron chi connectivity index (χ1n) is 7.14. The van der Waals surface area contributed by atoms with Crippen LogP contribution in [0.25, 0.3) is 0 Å². The summed E-state index contributed by atoms with van der Waals surface area (Å²) in [6.07, 6.45) is -0.890. The van der Waals surface area contributed by atoms with Crippen LogP contribution in [0.4, 0.5) is 0 Å². The van der Waals surface area contributed by atoms with Crippen LogP contribution in [0.3, 0.4) is 0 Å². The van der Waals surface area contributed by atoms with Gasteiger partial charge in [-0.25, -0.2) is 0 Å². The van der Waals surface area contributed by atoms with Gasteiger partial charge < -0.3 is 30.0 Å². The van der Waals surface area contributed by atoms with E-state index in [0.717, 1.165) is 0 Å². The lowest BCUT2D eigenvalue weighted by Gasteiger charge is -2.24. The van der Waals surface area contributed by atoms with E-state index in [2.05, 4.69) is 10.6 Å². The highest BCUT2D eigenvalue weighted by atomic mass is 35.5. The summed E-state index contributed by atoms with van der Waals surface area (Å²) in [5.41, 5.74) is 0.565. The molecule has 1 aliphatic heterocycles. The Kier molecular flexibility index (Phi) is 8.11. The molecule has 23 heavy (non-hydrogen) atoms. The van der Waals surface area contributed by atoms with Gasteiger partial charge in [-0.05, 0) is 18.2 Å². The molecule has 7 nitrogen and oxygen atoms in total. The number of hydrogen-bond donors (Lipinski definition) is 3. The standard InChI is InChI=1S/C15H22N2O5.ClH/c1-20-10-3-4-14(21-2)11(7-10)13(18)8-17-15(19)12-9-22-6-5-16-12;/h3-4,7,12-13,16,18H,5-6,8-9H2,1-2H3,(H,17,19);1H. The molecule has 0 bridgehead atoms. The molecule has 1 amide bonds. The highest BCUT2D eigenvalue weighted by Gasteiger charge is 2.22. The van der Waals surface area contributed by atoms with Crippen LogP contribution in [0.2, 0.25) is 0 Å². The van der Waals surface area contributed by atoms with E-state index in [9.17, 15) is 9.90 Å². The number of amides is 1. The van der Waals surface area contributed by atoms with Gasteiger partial charge in [0.1, 0.15) is 17.5 Å². The van der Waals surface area contributed by atoms with Crippen molar-refractivity contribution in [2.45, 2.75) is 12.1 Å². The van der Waals surface area contributed by atoms with E-state index in [4.69, 9.17) is 14.2 Å². The van der Waals surface area contributed by atoms with E-state index in [0.29, 0.717) is 36.8 Å². The number of aliphatic hydroxyl groups excluding tert-OH is 1. The average Bonchev–Trinajstić information content (AvgIpc) is 2.59. The molecular formula is C15H23ClN2O5. The number of aliphatic hydroxyl groups is 1. The van der Waals surface area contributed by atoms with Crippen molar-refractivity contribution in [1.29, 1.82) is 0 Å². The molecule has 1 saturated heterocycles. The first-order valence-corrected chi connectivity index (χ1v) is 7.14. The number of benzene rings is 1. The molecule has 0 aliphatic carbocycles. The van der Waals surface area contributed by atoms with E-state index in [1.54, 1.807) is 25.3 Å². The lowest BCUT2D eigenvalue weighted by atomic mass is 10.1. The number of ether oxygens (including phenoxy) is 3. The first kappa shape index (κ1) is 19.5. The number of halogens is 1. The molecule has 2 unspecified atom stereocenters. The van der Waals surface area contributed by atoms with Crippen LogP contribution in [0.1, 0.15) is 11.7 Å². The fraction of sp³-hybridized carbons (Fsp3) is 0.533. The molecule has 0 radical (unpaired) electrons. The zero-order chi connectivity index (χ0) is 15.9. The number of rotatable bonds is 6. The molecule has 0 saturated carbocycles. The molecule has 0 spiro atoms. The highest BCUT2D eigenvalue weighted by molar-refractivity contribution is 5.85. The predicted octanol–water partition coefficient (Wildman–Crippen LogP) is 0.264. The summed E-state index contributed by atoms with van der Waals surface area (Å²) in [5, 5.41) is 16.1. The summed E-state index contributed by atoms with van der Waals surface area (Å²) >= 11 is 0. The Balaban J connectivity index is 0.00000264. The average molecular weight is 347 g/mol. The van der Waals surface area contributed by atoms with Crippen LogP contribution in [-0.4, -0.2) is 57.6 Å². The zero-order valence-corrected chi connectivity index (χ0v) is 14.0. The maximum Gasteiger partial charge on any atom is 0.239 e. The predicted molar refractivity (Wildman–Crippen MR) is 87.4 cm³/mol. The van der Waals surface area contributed by atoms with Crippen LogP contribution in [0.5, 0.6) is 11.5 Å². The maximum absolute atomic E-state index is 12.0. The Morgan fingerprint density at radius 3 is 2.87 bits per heavy atom. The molecule has 2 atom stereocenters. The third-order valence-electron chi connectivity index (χ3n) is 3.50. The monoisotopic (exact) mass is 346 g/mol. The fourth-order valence-corrected chi connectivity index (χ4v) is 2.26. The molecule has 1 heterocycles. The van der Waals surface area contributed by atoms with Crippen molar-refractivity contribution in [1.82, 2.24) is 10.6 Å². The summed E-state index contributed by atoms with van der Waals surface area (Å²) in [4.78, 5) is 12.0.